The van der Waals surface area contributed by atoms with Crippen LogP contribution in [0.15, 0.2) is 52.9 Å². The summed E-state index contributed by atoms with van der Waals surface area (Å²) < 4.78 is 6.64. The first kappa shape index (κ1) is 21.6. The second kappa shape index (κ2) is 10.1. The summed E-state index contributed by atoms with van der Waals surface area (Å²) >= 11 is 1.56. The topological polar surface area (TPSA) is 130 Å². The number of aliphatic hydroxyl groups excluding tert-OH is 1. The van der Waals surface area contributed by atoms with Crippen molar-refractivity contribution in [3.8, 4) is 11.1 Å². The average molecular weight is 452 g/mol. The molecule has 0 fully saturated rings. The minimum absolute atomic E-state index is 0.124. The summed E-state index contributed by atoms with van der Waals surface area (Å²) in [7, 11) is 0. The van der Waals surface area contributed by atoms with Gasteiger partial charge in [-0.15, -0.1) is 21.5 Å². The third-order valence-corrected chi connectivity index (χ3v) is 5.56. The Labute approximate surface area is 187 Å². The van der Waals surface area contributed by atoms with Crippen LogP contribution in [0.4, 0.5) is 0 Å². The summed E-state index contributed by atoms with van der Waals surface area (Å²) in [6, 6.07) is 16.3. The maximum atomic E-state index is 11.9. The van der Waals surface area contributed by atoms with Crippen LogP contribution in [0.1, 0.15) is 16.8 Å². The van der Waals surface area contributed by atoms with Crippen molar-refractivity contribution in [2.45, 2.75) is 12.8 Å². The third-order valence-electron chi connectivity index (χ3n) is 4.54. The van der Waals surface area contributed by atoms with E-state index in [2.05, 4.69) is 50.1 Å². The molecule has 4 aromatic rings. The van der Waals surface area contributed by atoms with Gasteiger partial charge in [-0.25, -0.2) is 4.98 Å². The second-order valence-corrected chi connectivity index (χ2v) is 8.06. The van der Waals surface area contributed by atoms with Crippen LogP contribution < -0.4 is 10.6 Å². The number of hydrogen-bond donors (Lipinski definition) is 3. The van der Waals surface area contributed by atoms with Gasteiger partial charge in [-0.2, -0.15) is 0 Å². The lowest BCUT2D eigenvalue weighted by Gasteiger charge is -2.04. The van der Waals surface area contributed by atoms with Crippen LogP contribution in [0.3, 0.4) is 0 Å². The maximum absolute atomic E-state index is 11.9. The average Bonchev–Trinajstić information content (AvgIpc) is 3.42. The van der Waals surface area contributed by atoms with Crippen molar-refractivity contribution < 1.29 is 19.1 Å². The molecule has 164 valence electrons. The molecule has 2 aromatic heterocycles. The molecule has 32 heavy (non-hydrogen) atoms. The Bertz CT molecular complexity index is 1220. The highest BCUT2D eigenvalue weighted by atomic mass is 32.1. The Kier molecular flexibility index (Phi) is 6.83. The number of nitrogens with one attached hydrogen (secondary N) is 2. The Morgan fingerprint density at radius 3 is 2.59 bits per heavy atom. The molecule has 0 unspecified atom stereocenters. The standard InChI is InChI=1S/C22H21N5O4S/c28-9-8-23-19(30)13-24-18(29)11-20-26-27-21(31-20)12-22-25-16-7-6-15(10-17(16)32-22)14-4-2-1-3-5-14/h1-7,10,28H,8-9,11-13H2,(H,23,30)(H,24,29). The minimum Gasteiger partial charge on any atom is -0.424 e. The van der Waals surface area contributed by atoms with Crippen LogP contribution in [0, 0.1) is 0 Å². The molecule has 0 saturated carbocycles. The first-order valence-electron chi connectivity index (χ1n) is 10.0. The normalized spacial score (nSPS) is 10.9. The van der Waals surface area contributed by atoms with Crippen molar-refractivity contribution in [1.82, 2.24) is 25.8 Å². The lowest BCUT2D eigenvalue weighted by molar-refractivity contribution is -0.126. The van der Waals surface area contributed by atoms with Crippen molar-refractivity contribution in [2.75, 3.05) is 19.7 Å². The van der Waals surface area contributed by atoms with Gasteiger partial charge in [0, 0.05) is 6.54 Å². The number of aromatic nitrogens is 3. The molecule has 0 aliphatic rings. The lowest BCUT2D eigenvalue weighted by Crippen LogP contribution is -2.38. The fourth-order valence-electron chi connectivity index (χ4n) is 3.06. The number of aliphatic hydroxyl groups is 1. The Morgan fingerprint density at radius 2 is 1.78 bits per heavy atom. The zero-order valence-corrected chi connectivity index (χ0v) is 17.9. The predicted molar refractivity (Wildman–Crippen MR) is 119 cm³/mol. The number of carbonyl (C=O) groups is 2. The number of benzene rings is 2. The Morgan fingerprint density at radius 1 is 0.969 bits per heavy atom. The summed E-state index contributed by atoms with van der Waals surface area (Å²) in [5.41, 5.74) is 3.18. The highest BCUT2D eigenvalue weighted by Gasteiger charge is 2.14. The number of fused-ring (bicyclic) bond motifs is 1. The summed E-state index contributed by atoms with van der Waals surface area (Å²) in [4.78, 5) is 28.0. The van der Waals surface area contributed by atoms with E-state index in [1.807, 2.05) is 24.3 Å². The molecule has 4 rings (SSSR count). The van der Waals surface area contributed by atoms with Crippen LogP contribution in [-0.4, -0.2) is 51.8 Å². The van der Waals surface area contributed by atoms with Gasteiger partial charge in [-0.3, -0.25) is 9.59 Å². The molecular weight excluding hydrogens is 430 g/mol. The molecule has 3 N–H and O–H groups in total. The molecule has 0 aliphatic heterocycles. The maximum Gasteiger partial charge on any atom is 0.239 e. The number of amides is 2. The van der Waals surface area contributed by atoms with Gasteiger partial charge in [0.05, 0.1) is 29.8 Å². The van der Waals surface area contributed by atoms with E-state index in [1.54, 1.807) is 11.3 Å². The van der Waals surface area contributed by atoms with Crippen LogP contribution in [0.2, 0.25) is 0 Å². The molecule has 0 bridgehead atoms. The van der Waals surface area contributed by atoms with Crippen molar-refractivity contribution >= 4 is 33.4 Å². The van der Waals surface area contributed by atoms with Gasteiger partial charge in [0.1, 0.15) is 11.4 Å². The first-order valence-corrected chi connectivity index (χ1v) is 10.8. The number of nitrogens with zero attached hydrogens (tertiary/aromatic N) is 3. The largest absolute Gasteiger partial charge is 0.424 e. The van der Waals surface area contributed by atoms with Crippen molar-refractivity contribution in [2.24, 2.45) is 0 Å². The summed E-state index contributed by atoms with van der Waals surface area (Å²) in [6.07, 6.45) is 0.249. The van der Waals surface area contributed by atoms with Gasteiger partial charge in [0.25, 0.3) is 0 Å². The minimum atomic E-state index is -0.409. The van der Waals surface area contributed by atoms with Crippen LogP contribution >= 0.6 is 11.3 Å². The van der Waals surface area contributed by atoms with E-state index in [-0.39, 0.29) is 37.9 Å². The van der Waals surface area contributed by atoms with Crippen molar-refractivity contribution in [3.05, 3.63) is 65.3 Å². The van der Waals surface area contributed by atoms with Crippen molar-refractivity contribution in [1.29, 1.82) is 0 Å². The van der Waals surface area contributed by atoms with E-state index < -0.39 is 5.91 Å². The zero-order chi connectivity index (χ0) is 22.3. The molecule has 10 heteroatoms. The smallest absolute Gasteiger partial charge is 0.239 e. The number of rotatable bonds is 9. The van der Waals surface area contributed by atoms with E-state index in [0.29, 0.717) is 12.3 Å². The molecule has 2 aromatic carbocycles. The first-order chi connectivity index (χ1) is 15.6. The highest BCUT2D eigenvalue weighted by molar-refractivity contribution is 7.18. The molecular formula is C22H21N5O4S. The quantitative estimate of drug-likeness (QED) is 0.353. The molecule has 0 atom stereocenters. The van der Waals surface area contributed by atoms with E-state index in [4.69, 9.17) is 9.52 Å². The van der Waals surface area contributed by atoms with Crippen LogP contribution in [0.5, 0.6) is 0 Å². The van der Waals surface area contributed by atoms with Gasteiger partial charge in [-0.1, -0.05) is 36.4 Å². The van der Waals surface area contributed by atoms with Gasteiger partial charge in [0.15, 0.2) is 0 Å². The van der Waals surface area contributed by atoms with E-state index in [1.165, 1.54) is 0 Å². The number of thiazole rings is 1. The Balaban J connectivity index is 1.36. The van der Waals surface area contributed by atoms with Gasteiger partial charge < -0.3 is 20.2 Å². The van der Waals surface area contributed by atoms with Crippen LogP contribution in [-0.2, 0) is 22.4 Å². The molecule has 2 amide bonds. The van der Waals surface area contributed by atoms with E-state index >= 15 is 0 Å². The van der Waals surface area contributed by atoms with Gasteiger partial charge in [0.2, 0.25) is 23.6 Å². The fourth-order valence-corrected chi connectivity index (χ4v) is 4.05. The molecule has 0 spiro atoms. The zero-order valence-electron chi connectivity index (χ0n) is 17.1. The molecule has 9 nitrogen and oxygen atoms in total. The molecule has 0 aliphatic carbocycles. The molecule has 0 radical (unpaired) electrons. The predicted octanol–water partition coefficient (Wildman–Crippen LogP) is 1.70. The lowest BCUT2D eigenvalue weighted by atomic mass is 10.1. The van der Waals surface area contributed by atoms with Crippen LogP contribution in [0.25, 0.3) is 21.3 Å². The van der Waals surface area contributed by atoms with Gasteiger partial charge >= 0.3 is 0 Å². The fraction of sp³-hybridized carbons (Fsp3) is 0.227. The third kappa shape index (κ3) is 5.54. The molecule has 0 saturated heterocycles. The van der Waals surface area contributed by atoms with E-state index in [0.717, 1.165) is 26.4 Å². The number of carbonyl (C=O) groups excluding carboxylic acids is 2. The SMILES string of the molecule is O=C(CNC(=O)Cc1nnc(Cc2nc3ccc(-c4ccccc4)cc3s2)o1)NCCO. The summed E-state index contributed by atoms with van der Waals surface area (Å²) in [5.74, 6) is -0.255. The van der Waals surface area contributed by atoms with Gasteiger partial charge in [-0.05, 0) is 23.3 Å². The molecule has 2 heterocycles. The Hall–Kier alpha value is -3.63. The number of hydrogen-bond acceptors (Lipinski definition) is 8. The summed E-state index contributed by atoms with van der Waals surface area (Å²) in [6.45, 7) is -0.204. The summed E-state index contributed by atoms with van der Waals surface area (Å²) in [5, 5.41) is 22.3. The van der Waals surface area contributed by atoms with E-state index in [9.17, 15) is 9.59 Å². The van der Waals surface area contributed by atoms with Crippen molar-refractivity contribution in [3.63, 3.8) is 0 Å². The monoisotopic (exact) mass is 451 g/mol. The highest BCUT2D eigenvalue weighted by Crippen LogP contribution is 2.29. The second-order valence-electron chi connectivity index (χ2n) is 6.95.